The van der Waals surface area contributed by atoms with Gasteiger partial charge in [-0.05, 0) is 68.2 Å². The van der Waals surface area contributed by atoms with Crippen LogP contribution in [0, 0.1) is 29.6 Å². The van der Waals surface area contributed by atoms with Gasteiger partial charge in [0.2, 0.25) is 0 Å². The van der Waals surface area contributed by atoms with Crippen molar-refractivity contribution in [3.05, 3.63) is 0 Å². The molecule has 2 N–H and O–H groups in total. The minimum atomic E-state index is 0.493. The maximum atomic E-state index is 6.24. The van der Waals surface area contributed by atoms with Crippen molar-refractivity contribution >= 4 is 0 Å². The molecule has 0 aromatic rings. The summed E-state index contributed by atoms with van der Waals surface area (Å²) in [5.41, 5.74) is 6.24. The normalized spacial score (nSPS) is 52.1. The highest BCUT2D eigenvalue weighted by molar-refractivity contribution is 4.99. The van der Waals surface area contributed by atoms with Crippen LogP contribution < -0.4 is 5.73 Å². The first-order valence-electron chi connectivity index (χ1n) is 9.96. The number of rotatable bonds is 9. The molecular formula is C19H31NO4. The fraction of sp³-hybridized carbons (Fsp3) is 1.00. The highest BCUT2D eigenvalue weighted by Crippen LogP contribution is 2.52. The van der Waals surface area contributed by atoms with Crippen molar-refractivity contribution in [2.45, 2.75) is 56.5 Å². The lowest BCUT2D eigenvalue weighted by Gasteiger charge is -2.48. The van der Waals surface area contributed by atoms with E-state index in [9.17, 15) is 0 Å². The van der Waals surface area contributed by atoms with Gasteiger partial charge in [-0.2, -0.15) is 0 Å². The van der Waals surface area contributed by atoms with Gasteiger partial charge in [0.05, 0.1) is 50.8 Å². The monoisotopic (exact) mass is 337 g/mol. The van der Waals surface area contributed by atoms with Crippen LogP contribution >= 0.6 is 0 Å². The number of hydrogen-bond donors (Lipinski definition) is 1. The van der Waals surface area contributed by atoms with E-state index in [1.165, 1.54) is 32.1 Å². The molecule has 5 fully saturated rings. The van der Waals surface area contributed by atoms with Gasteiger partial charge in [-0.25, -0.2) is 0 Å². The van der Waals surface area contributed by atoms with Crippen LogP contribution in [0.5, 0.6) is 0 Å². The second-order valence-corrected chi connectivity index (χ2v) is 8.75. The second kappa shape index (κ2) is 6.51. The van der Waals surface area contributed by atoms with Crippen LogP contribution in [0.4, 0.5) is 0 Å². The van der Waals surface area contributed by atoms with Crippen molar-refractivity contribution in [3.63, 3.8) is 0 Å². The molecule has 24 heavy (non-hydrogen) atoms. The van der Waals surface area contributed by atoms with Gasteiger partial charge in [0.1, 0.15) is 0 Å². The van der Waals surface area contributed by atoms with E-state index < -0.39 is 0 Å². The standard InChI is InChI=1S/C19H31NO4/c20-6-12-1-11(2-13-7-21-13)17(3-14-8-22-14)19(5-16-10-24-16)18(12)4-15-9-23-15/h11-19H,1-10,20H2. The number of epoxide rings is 4. The van der Waals surface area contributed by atoms with Crippen LogP contribution in [0.2, 0.25) is 0 Å². The summed E-state index contributed by atoms with van der Waals surface area (Å²) in [6.07, 6.45) is 8.15. The summed E-state index contributed by atoms with van der Waals surface area (Å²) in [5, 5.41) is 0. The molecule has 0 aromatic carbocycles. The van der Waals surface area contributed by atoms with Gasteiger partial charge in [0.25, 0.3) is 0 Å². The zero-order chi connectivity index (χ0) is 16.1. The first-order valence-corrected chi connectivity index (χ1v) is 9.96. The second-order valence-electron chi connectivity index (χ2n) is 8.75. The third-order valence-electron chi connectivity index (χ3n) is 7.00. The Kier molecular flexibility index (Phi) is 4.34. The van der Waals surface area contributed by atoms with Crippen LogP contribution in [0.3, 0.4) is 0 Å². The first-order chi connectivity index (χ1) is 11.8. The minimum Gasteiger partial charge on any atom is -0.373 e. The minimum absolute atomic E-state index is 0.493. The molecule has 5 heteroatoms. The molecule has 5 rings (SSSR count). The van der Waals surface area contributed by atoms with Crippen molar-refractivity contribution < 1.29 is 18.9 Å². The van der Waals surface area contributed by atoms with Crippen molar-refractivity contribution in [2.24, 2.45) is 35.3 Å². The summed E-state index contributed by atoms with van der Waals surface area (Å²) in [6, 6.07) is 0. The SMILES string of the molecule is NCC1CC(CC2CO2)C(CC2CO2)C(CC2CO2)C1CC1CO1. The molecule has 5 nitrogen and oxygen atoms in total. The van der Waals surface area contributed by atoms with E-state index in [-0.39, 0.29) is 0 Å². The molecule has 1 aliphatic carbocycles. The largest absolute Gasteiger partial charge is 0.373 e. The van der Waals surface area contributed by atoms with Crippen molar-refractivity contribution in [1.29, 1.82) is 0 Å². The molecule has 1 saturated carbocycles. The van der Waals surface area contributed by atoms with Gasteiger partial charge in [0.15, 0.2) is 0 Å². The number of hydrogen-bond acceptors (Lipinski definition) is 5. The van der Waals surface area contributed by atoms with Crippen LogP contribution in [0.15, 0.2) is 0 Å². The molecule has 136 valence electrons. The number of nitrogens with two attached hydrogens (primary N) is 1. The Balaban J connectivity index is 1.37. The summed E-state index contributed by atoms with van der Waals surface area (Å²) in [4.78, 5) is 0. The zero-order valence-corrected chi connectivity index (χ0v) is 14.5. The zero-order valence-electron chi connectivity index (χ0n) is 14.5. The van der Waals surface area contributed by atoms with Gasteiger partial charge < -0.3 is 24.7 Å². The topological polar surface area (TPSA) is 76.1 Å². The Morgan fingerprint density at radius 1 is 0.583 bits per heavy atom. The van der Waals surface area contributed by atoms with Gasteiger partial charge in [-0.1, -0.05) is 0 Å². The first kappa shape index (κ1) is 16.0. The van der Waals surface area contributed by atoms with E-state index >= 15 is 0 Å². The van der Waals surface area contributed by atoms with E-state index in [0.29, 0.717) is 36.3 Å². The molecule has 4 saturated heterocycles. The molecule has 4 heterocycles. The Morgan fingerprint density at radius 2 is 1.00 bits per heavy atom. The Labute approximate surface area is 144 Å². The van der Waals surface area contributed by atoms with Gasteiger partial charge >= 0.3 is 0 Å². The van der Waals surface area contributed by atoms with E-state index in [2.05, 4.69) is 0 Å². The summed E-state index contributed by atoms with van der Waals surface area (Å²) < 4.78 is 22.4. The highest BCUT2D eigenvalue weighted by atomic mass is 16.6. The van der Waals surface area contributed by atoms with Crippen LogP contribution in [0.1, 0.15) is 32.1 Å². The third kappa shape index (κ3) is 3.80. The maximum absolute atomic E-state index is 6.24. The van der Waals surface area contributed by atoms with Crippen molar-refractivity contribution in [1.82, 2.24) is 0 Å². The highest BCUT2D eigenvalue weighted by Gasteiger charge is 2.50. The molecule has 9 atom stereocenters. The van der Waals surface area contributed by atoms with Gasteiger partial charge in [-0.3, -0.25) is 0 Å². The summed E-state index contributed by atoms with van der Waals surface area (Å²) in [7, 11) is 0. The third-order valence-corrected chi connectivity index (χ3v) is 7.00. The van der Waals surface area contributed by atoms with Crippen LogP contribution in [-0.2, 0) is 18.9 Å². The summed E-state index contributed by atoms with van der Waals surface area (Å²) in [6.45, 7) is 4.66. The Bertz CT molecular complexity index is 445. The van der Waals surface area contributed by atoms with E-state index in [1.807, 2.05) is 0 Å². The Hall–Kier alpha value is -0.200. The lowest BCUT2D eigenvalue weighted by molar-refractivity contribution is 0.00618. The molecule has 0 radical (unpaired) electrons. The molecular weight excluding hydrogens is 306 g/mol. The average Bonchev–Trinajstić information content (AvgIpc) is 3.43. The van der Waals surface area contributed by atoms with E-state index in [1.54, 1.807) is 0 Å². The Morgan fingerprint density at radius 3 is 1.46 bits per heavy atom. The van der Waals surface area contributed by atoms with Gasteiger partial charge in [0, 0.05) is 0 Å². The van der Waals surface area contributed by atoms with E-state index in [0.717, 1.165) is 50.7 Å². The lowest BCUT2D eigenvalue weighted by atomic mass is 9.57. The molecule has 0 spiro atoms. The van der Waals surface area contributed by atoms with Crippen LogP contribution in [0.25, 0.3) is 0 Å². The molecule has 0 aromatic heterocycles. The van der Waals surface area contributed by atoms with Crippen LogP contribution in [-0.4, -0.2) is 57.4 Å². The van der Waals surface area contributed by atoms with Crippen molar-refractivity contribution in [2.75, 3.05) is 33.0 Å². The molecule has 9 unspecified atom stereocenters. The smallest absolute Gasteiger partial charge is 0.0812 e. The fourth-order valence-corrected chi connectivity index (χ4v) is 5.45. The number of ether oxygens (including phenoxy) is 4. The fourth-order valence-electron chi connectivity index (χ4n) is 5.45. The summed E-state index contributed by atoms with van der Waals surface area (Å²) >= 11 is 0. The molecule has 0 bridgehead atoms. The van der Waals surface area contributed by atoms with E-state index in [4.69, 9.17) is 24.7 Å². The molecule has 5 aliphatic rings. The average molecular weight is 337 g/mol. The predicted molar refractivity (Wildman–Crippen MR) is 88.5 cm³/mol. The lowest BCUT2D eigenvalue weighted by Crippen LogP contribution is -2.45. The quantitative estimate of drug-likeness (QED) is 0.647. The van der Waals surface area contributed by atoms with Gasteiger partial charge in [-0.15, -0.1) is 0 Å². The van der Waals surface area contributed by atoms with Crippen molar-refractivity contribution in [3.8, 4) is 0 Å². The summed E-state index contributed by atoms with van der Waals surface area (Å²) in [5.74, 6) is 3.55. The predicted octanol–water partition coefficient (Wildman–Crippen LogP) is 1.59. The molecule has 4 aliphatic heterocycles. The maximum Gasteiger partial charge on any atom is 0.0812 e. The molecule has 0 amide bonds.